The minimum absolute atomic E-state index is 0.192. The number of carbonyl (C=O) groups excluding carboxylic acids is 1. The van der Waals surface area contributed by atoms with Gasteiger partial charge in [0, 0.05) is 6.54 Å². The average molecular weight is 200 g/mol. The molecule has 0 unspecified atom stereocenters. The second-order valence-corrected chi connectivity index (χ2v) is 3.94. The first-order valence-corrected chi connectivity index (χ1v) is 4.75. The van der Waals surface area contributed by atoms with E-state index in [0.29, 0.717) is 12.5 Å². The van der Waals surface area contributed by atoms with Crippen LogP contribution in [0.15, 0.2) is 11.6 Å². The molecule has 0 aromatic heterocycles. The zero-order chi connectivity index (χ0) is 11.1. The Morgan fingerprint density at radius 1 is 1.50 bits per heavy atom. The number of rotatable bonds is 5. The Balaban J connectivity index is 4.12. The molecular formula is C10H20N2O2. The van der Waals surface area contributed by atoms with Crippen LogP contribution in [-0.4, -0.2) is 18.6 Å². The zero-order valence-corrected chi connectivity index (χ0v) is 9.33. The summed E-state index contributed by atoms with van der Waals surface area (Å²) in [6.45, 7) is 8.47. The summed E-state index contributed by atoms with van der Waals surface area (Å²) >= 11 is 0. The number of amides is 1. The second-order valence-electron chi connectivity index (χ2n) is 3.94. The molecule has 0 rings (SSSR count). The van der Waals surface area contributed by atoms with Gasteiger partial charge >= 0.3 is 0 Å². The molecule has 0 saturated carbocycles. The second kappa shape index (κ2) is 6.56. The fourth-order valence-electron chi connectivity index (χ4n) is 0.885. The van der Waals surface area contributed by atoms with Crippen LogP contribution in [-0.2, 0) is 9.63 Å². The lowest BCUT2D eigenvalue weighted by Crippen LogP contribution is -2.38. The molecule has 0 aliphatic heterocycles. The lowest BCUT2D eigenvalue weighted by molar-refractivity contribution is -0.130. The van der Waals surface area contributed by atoms with Crippen LogP contribution in [0.25, 0.3) is 0 Å². The molecule has 1 amide bonds. The van der Waals surface area contributed by atoms with Crippen LogP contribution in [0.3, 0.4) is 0 Å². The van der Waals surface area contributed by atoms with Crippen molar-refractivity contribution >= 4 is 5.91 Å². The summed E-state index contributed by atoms with van der Waals surface area (Å²) in [7, 11) is 0. The summed E-state index contributed by atoms with van der Waals surface area (Å²) in [6.07, 6.45) is 1.01. The van der Waals surface area contributed by atoms with Gasteiger partial charge in [0.05, 0.1) is 0 Å². The number of nitrogens with one attached hydrogen (secondary N) is 1. The highest BCUT2D eigenvalue weighted by Gasteiger charge is 2.15. The van der Waals surface area contributed by atoms with E-state index in [1.54, 1.807) is 6.08 Å². The molecule has 0 saturated heterocycles. The monoisotopic (exact) mass is 200 g/mol. The van der Waals surface area contributed by atoms with Gasteiger partial charge in [-0.1, -0.05) is 19.4 Å². The third-order valence-corrected chi connectivity index (χ3v) is 1.57. The van der Waals surface area contributed by atoms with Gasteiger partial charge in [-0.15, -0.1) is 0 Å². The molecular weight excluding hydrogens is 180 g/mol. The van der Waals surface area contributed by atoms with Crippen molar-refractivity contribution in [3.8, 4) is 0 Å². The molecule has 0 aromatic rings. The summed E-state index contributed by atoms with van der Waals surface area (Å²) in [5.41, 5.74) is 1.00. The molecule has 3 N–H and O–H groups in total. The highest BCUT2D eigenvalue weighted by Crippen LogP contribution is 1.98. The van der Waals surface area contributed by atoms with Crippen LogP contribution in [0.1, 0.15) is 27.7 Å². The van der Waals surface area contributed by atoms with E-state index in [-0.39, 0.29) is 5.91 Å². The van der Waals surface area contributed by atoms with Crippen LogP contribution in [0.5, 0.6) is 0 Å². The molecule has 0 aliphatic rings. The lowest BCUT2D eigenvalue weighted by Gasteiger charge is -2.12. The number of carbonyl (C=O) groups is 1. The van der Waals surface area contributed by atoms with Gasteiger partial charge in [0.25, 0.3) is 5.91 Å². The van der Waals surface area contributed by atoms with Gasteiger partial charge in [-0.3, -0.25) is 9.63 Å². The van der Waals surface area contributed by atoms with E-state index in [1.165, 1.54) is 0 Å². The van der Waals surface area contributed by atoms with Gasteiger partial charge in [-0.25, -0.2) is 5.90 Å². The van der Waals surface area contributed by atoms with Crippen molar-refractivity contribution in [3.05, 3.63) is 11.6 Å². The minimum Gasteiger partial charge on any atom is -0.353 e. The number of hydrogen-bond donors (Lipinski definition) is 2. The van der Waals surface area contributed by atoms with E-state index in [1.807, 2.05) is 27.7 Å². The molecule has 14 heavy (non-hydrogen) atoms. The summed E-state index contributed by atoms with van der Waals surface area (Å²) in [4.78, 5) is 16.0. The minimum atomic E-state index is -0.682. The lowest BCUT2D eigenvalue weighted by atomic mass is 10.2. The van der Waals surface area contributed by atoms with E-state index < -0.39 is 6.10 Å². The smallest absolute Gasteiger partial charge is 0.255 e. The molecule has 4 nitrogen and oxygen atoms in total. The molecule has 4 heteroatoms. The van der Waals surface area contributed by atoms with Crippen molar-refractivity contribution in [2.75, 3.05) is 6.54 Å². The van der Waals surface area contributed by atoms with Crippen LogP contribution < -0.4 is 11.2 Å². The van der Waals surface area contributed by atoms with Gasteiger partial charge in [0.15, 0.2) is 6.10 Å². The Labute approximate surface area is 85.5 Å². The molecule has 0 spiro atoms. The fraction of sp³-hybridized carbons (Fsp3) is 0.700. The predicted molar refractivity (Wildman–Crippen MR) is 56.3 cm³/mol. The third-order valence-electron chi connectivity index (χ3n) is 1.57. The van der Waals surface area contributed by atoms with E-state index in [2.05, 4.69) is 10.2 Å². The van der Waals surface area contributed by atoms with Crippen LogP contribution in [0.4, 0.5) is 0 Å². The van der Waals surface area contributed by atoms with E-state index in [9.17, 15) is 4.79 Å². The van der Waals surface area contributed by atoms with Gasteiger partial charge < -0.3 is 5.32 Å². The first-order valence-electron chi connectivity index (χ1n) is 4.75. The Bertz CT molecular complexity index is 208. The highest BCUT2D eigenvalue weighted by molar-refractivity contribution is 5.82. The van der Waals surface area contributed by atoms with Gasteiger partial charge in [-0.05, 0) is 25.8 Å². The van der Waals surface area contributed by atoms with E-state index in [0.717, 1.165) is 5.57 Å². The summed E-state index contributed by atoms with van der Waals surface area (Å²) in [6, 6.07) is 0. The van der Waals surface area contributed by atoms with Crippen molar-refractivity contribution < 1.29 is 9.63 Å². The Morgan fingerprint density at radius 3 is 2.43 bits per heavy atom. The molecule has 0 bridgehead atoms. The van der Waals surface area contributed by atoms with Crippen molar-refractivity contribution in [2.45, 2.75) is 33.8 Å². The normalized spacial score (nSPS) is 12.4. The van der Waals surface area contributed by atoms with Crippen molar-refractivity contribution in [1.29, 1.82) is 0 Å². The third kappa shape index (κ3) is 5.72. The van der Waals surface area contributed by atoms with Crippen LogP contribution in [0, 0.1) is 5.92 Å². The molecule has 82 valence electrons. The van der Waals surface area contributed by atoms with E-state index in [4.69, 9.17) is 5.90 Å². The van der Waals surface area contributed by atoms with Gasteiger partial charge in [-0.2, -0.15) is 0 Å². The average Bonchev–Trinajstić information content (AvgIpc) is 2.09. The number of nitrogens with two attached hydrogens (primary N) is 1. The standard InChI is InChI=1S/C10H20N2O2/c1-7(2)5-9(14-11)10(13)12-6-8(3)4/h5,8-9H,6,11H2,1-4H3,(H,12,13)/t9-/m1/s1. The zero-order valence-electron chi connectivity index (χ0n) is 9.33. The first-order chi connectivity index (χ1) is 6.47. The Hall–Kier alpha value is -0.870. The number of allylic oxidation sites excluding steroid dienone is 1. The molecule has 0 aromatic carbocycles. The van der Waals surface area contributed by atoms with Crippen molar-refractivity contribution in [2.24, 2.45) is 11.8 Å². The maximum atomic E-state index is 11.5. The van der Waals surface area contributed by atoms with Crippen molar-refractivity contribution in [3.63, 3.8) is 0 Å². The summed E-state index contributed by atoms with van der Waals surface area (Å²) < 4.78 is 0. The maximum Gasteiger partial charge on any atom is 0.255 e. The predicted octanol–water partition coefficient (Wildman–Crippen LogP) is 0.984. The summed E-state index contributed by atoms with van der Waals surface area (Å²) in [5, 5.41) is 2.75. The summed E-state index contributed by atoms with van der Waals surface area (Å²) in [5.74, 6) is 5.25. The van der Waals surface area contributed by atoms with Gasteiger partial charge in [0.2, 0.25) is 0 Å². The van der Waals surface area contributed by atoms with Gasteiger partial charge in [0.1, 0.15) is 0 Å². The van der Waals surface area contributed by atoms with E-state index >= 15 is 0 Å². The molecule has 0 fully saturated rings. The topological polar surface area (TPSA) is 64.3 Å². The maximum absolute atomic E-state index is 11.5. The quantitative estimate of drug-likeness (QED) is 0.513. The largest absolute Gasteiger partial charge is 0.353 e. The fourth-order valence-corrected chi connectivity index (χ4v) is 0.885. The Kier molecular flexibility index (Phi) is 6.16. The molecule has 1 atom stereocenters. The highest BCUT2D eigenvalue weighted by atomic mass is 16.6. The van der Waals surface area contributed by atoms with Crippen LogP contribution >= 0.6 is 0 Å². The van der Waals surface area contributed by atoms with Crippen LogP contribution in [0.2, 0.25) is 0 Å². The number of hydrogen-bond acceptors (Lipinski definition) is 3. The first kappa shape index (κ1) is 13.1. The molecule has 0 aliphatic carbocycles. The SMILES string of the molecule is CC(C)=C[C@@H](ON)C(=O)NCC(C)C. The molecule has 0 radical (unpaired) electrons. The molecule has 0 heterocycles. The Morgan fingerprint density at radius 2 is 2.07 bits per heavy atom. The van der Waals surface area contributed by atoms with Crippen molar-refractivity contribution in [1.82, 2.24) is 5.32 Å².